The van der Waals surface area contributed by atoms with Crippen molar-refractivity contribution in [2.45, 2.75) is 175 Å². The van der Waals surface area contributed by atoms with Gasteiger partial charge in [0, 0.05) is 32.3 Å². The first kappa shape index (κ1) is 64.9. The molecular formula is C68H100Si9. The van der Waals surface area contributed by atoms with E-state index in [1.807, 2.05) is 0 Å². The molecule has 8 saturated carbocycles. The van der Waals surface area contributed by atoms with E-state index in [1.54, 1.807) is 68.5 Å². The van der Waals surface area contributed by atoms with Crippen LogP contribution in [0.4, 0.5) is 0 Å². The molecule has 8 fully saturated rings. The molecule has 0 spiro atoms. The lowest BCUT2D eigenvalue weighted by Gasteiger charge is -2.44. The molecule has 77 heavy (non-hydrogen) atoms. The SMILES string of the molecule is C[Si](C)(CC[Si](CC[Si](C)(C)CC[Si](C)([C]1[CH][CH][CH][CH]1)[C]1[CH][CH][CH][CH]1)(CC[Si](C)(C)CC[Si](C)([C]1[CH][CH][CH][CH]1)[C]1[CH][CH][CH][CH]1)CC[Si](C)(C)CC[Si](C)([C]1[CH][CH][CH][CH]1)[C]1[CH][CH][CH][CH]1)CC[Si](C)([C]1[CH][CH][CH][CH]1)[C]1[CH][CH][CH][CH]1. The zero-order chi connectivity index (χ0) is 55.1. The van der Waals surface area contributed by atoms with Crippen LogP contribution in [0.2, 0.25) is 175 Å². The highest BCUT2D eigenvalue weighted by atomic mass is 28.4. The van der Waals surface area contributed by atoms with E-state index >= 15 is 0 Å². The van der Waals surface area contributed by atoms with Crippen LogP contribution in [-0.4, -0.2) is 72.7 Å². The molecule has 0 saturated heterocycles. The van der Waals surface area contributed by atoms with E-state index in [4.69, 9.17) is 0 Å². The summed E-state index contributed by atoms with van der Waals surface area (Å²) in [7, 11) is -15.3. The van der Waals surface area contributed by atoms with Gasteiger partial charge in [0.15, 0.2) is 0 Å². The molecule has 0 N–H and O–H groups in total. The molecule has 0 heterocycles. The minimum Gasteiger partial charge on any atom is -0.0694 e. The lowest BCUT2D eigenvalue weighted by atomic mass is 10.3. The summed E-state index contributed by atoms with van der Waals surface area (Å²) in [6.45, 7) is 33.5. The molecule has 0 aliphatic heterocycles. The van der Waals surface area contributed by atoms with E-state index in [0.717, 1.165) is 0 Å². The first-order valence-electron chi connectivity index (χ1n) is 30.3. The Kier molecular flexibility index (Phi) is 23.8. The summed E-state index contributed by atoms with van der Waals surface area (Å²) in [5.74, 6) is 0. The van der Waals surface area contributed by atoms with Gasteiger partial charge in [-0.05, 0) is 250 Å². The van der Waals surface area contributed by atoms with Crippen molar-refractivity contribution in [3.63, 3.8) is 0 Å². The van der Waals surface area contributed by atoms with Gasteiger partial charge >= 0.3 is 0 Å². The zero-order valence-electron chi connectivity index (χ0n) is 50.3. The topological polar surface area (TPSA) is 0 Å². The molecule has 0 aromatic carbocycles. The van der Waals surface area contributed by atoms with Crippen molar-refractivity contribution in [2.24, 2.45) is 0 Å². The first-order valence-corrected chi connectivity index (χ1v) is 57.6. The van der Waals surface area contributed by atoms with Crippen LogP contribution < -0.4 is 0 Å². The van der Waals surface area contributed by atoms with Gasteiger partial charge in [-0.2, -0.15) is 0 Å². The summed E-state index contributed by atoms with van der Waals surface area (Å²) in [6, 6.07) is 23.9. The smallest absolute Gasteiger partial charge is 0.0645 e. The van der Waals surface area contributed by atoms with Crippen molar-refractivity contribution in [2.75, 3.05) is 0 Å². The Labute approximate surface area is 494 Å². The van der Waals surface area contributed by atoms with Gasteiger partial charge in [-0.15, -0.1) is 0 Å². The zero-order valence-corrected chi connectivity index (χ0v) is 59.3. The average Bonchev–Trinajstić information content (AvgIpc) is 4.26. The summed E-state index contributed by atoms with van der Waals surface area (Å²) in [5, 5.41) is 0. The van der Waals surface area contributed by atoms with Crippen LogP contribution in [0.15, 0.2) is 0 Å². The third-order valence-electron chi connectivity index (χ3n) is 20.9. The quantitative estimate of drug-likeness (QED) is 0.0589. The fourth-order valence-corrected chi connectivity index (χ4v) is 65.5. The molecule has 0 nitrogen and oxygen atoms in total. The number of hydrogen-bond acceptors (Lipinski definition) is 0. The Balaban J connectivity index is 1.06. The normalized spacial score (nSPS) is 24.2. The highest BCUT2D eigenvalue weighted by Crippen LogP contribution is 2.53. The van der Waals surface area contributed by atoms with Crippen LogP contribution in [0, 0.1) is 250 Å². The van der Waals surface area contributed by atoms with Crippen molar-refractivity contribution < 1.29 is 0 Å². The van der Waals surface area contributed by atoms with Gasteiger partial charge in [0.25, 0.3) is 0 Å². The average molecular weight is 1170 g/mol. The Bertz CT molecular complexity index is 1410. The number of rotatable bonds is 32. The van der Waals surface area contributed by atoms with Gasteiger partial charge in [0.05, 0.1) is 40.4 Å². The molecule has 8 aliphatic rings. The highest BCUT2D eigenvalue weighted by molar-refractivity contribution is 6.96. The van der Waals surface area contributed by atoms with Crippen LogP contribution in [0.3, 0.4) is 0 Å². The fourth-order valence-electron chi connectivity index (χ4n) is 13.8. The van der Waals surface area contributed by atoms with Crippen molar-refractivity contribution in [1.82, 2.24) is 0 Å². The maximum Gasteiger partial charge on any atom is 0.0645 e. The molecular weight excluding hydrogens is 1070 g/mol. The molecule has 8 rings (SSSR count). The van der Waals surface area contributed by atoms with E-state index in [-0.39, 0.29) is 0 Å². The van der Waals surface area contributed by atoms with Crippen molar-refractivity contribution in [3.05, 3.63) is 250 Å². The minimum atomic E-state index is -1.82. The highest BCUT2D eigenvalue weighted by Gasteiger charge is 2.52. The molecule has 0 bridgehead atoms. The monoisotopic (exact) mass is 1170 g/mol. The van der Waals surface area contributed by atoms with Gasteiger partial charge < -0.3 is 0 Å². The van der Waals surface area contributed by atoms with Crippen LogP contribution in [0.25, 0.3) is 0 Å². The van der Waals surface area contributed by atoms with Crippen molar-refractivity contribution in [1.29, 1.82) is 0 Å². The second kappa shape index (κ2) is 28.2. The Morgan fingerprint density at radius 2 is 0.286 bits per heavy atom. The fraction of sp³-hybridized carbons (Fsp3) is 0.412. The third-order valence-corrected chi connectivity index (χ3v) is 60.9. The second-order valence-electron chi connectivity index (χ2n) is 28.9. The Hall–Kier alpha value is 1.95. The van der Waals surface area contributed by atoms with Crippen LogP contribution >= 0.6 is 0 Å². The van der Waals surface area contributed by atoms with Gasteiger partial charge in [-0.1, -0.05) is 175 Å². The molecule has 0 aromatic rings. The maximum absolute atomic E-state index is 2.84. The number of hydrogen-bond donors (Lipinski definition) is 0. The van der Waals surface area contributed by atoms with Gasteiger partial charge in [0.2, 0.25) is 0 Å². The van der Waals surface area contributed by atoms with E-state index in [2.05, 4.69) is 284 Å². The van der Waals surface area contributed by atoms with Gasteiger partial charge in [0.1, 0.15) is 0 Å². The summed E-state index contributed by atoms with van der Waals surface area (Å²) >= 11 is 0. The lowest BCUT2D eigenvalue weighted by Crippen LogP contribution is -2.48. The lowest BCUT2D eigenvalue weighted by molar-refractivity contribution is 1.04. The molecule has 0 unspecified atom stereocenters. The Morgan fingerprint density at radius 1 is 0.169 bits per heavy atom. The Morgan fingerprint density at radius 3 is 0.416 bits per heavy atom. The van der Waals surface area contributed by atoms with Gasteiger partial charge in [-0.25, -0.2) is 0 Å². The standard InChI is InChI=1S/C68H100Si9/c1-69(2,45-53-73(9,61-29-13-14-30-61)62-31-15-16-32-62)49-57-77(58-50-70(3,4)46-54-74(10,63-33-17-18-34-63)64-35-19-20-36-64,59-51-71(5,6)47-55-75(11,65-37-21-22-38-65)66-39-23-24-40-66)60-52-72(7,8)48-56-76(12,67-41-25-26-42-67)68-43-27-28-44-68/h13-44H,45-60H2,1-12H3. The third kappa shape index (κ3) is 17.1. The van der Waals surface area contributed by atoms with Crippen LogP contribution in [0.1, 0.15) is 0 Å². The summed E-state index contributed by atoms with van der Waals surface area (Å²) in [4.78, 5) is 0. The predicted octanol–water partition coefficient (Wildman–Crippen LogP) is 18.1. The molecule has 0 amide bonds. The molecule has 0 aromatic heterocycles. The molecule has 9 heteroatoms. The second-order valence-corrected chi connectivity index (χ2v) is 72.5. The van der Waals surface area contributed by atoms with Crippen LogP contribution in [-0.2, 0) is 0 Å². The molecule has 40 radical (unpaired) electrons. The van der Waals surface area contributed by atoms with E-state index < -0.39 is 72.7 Å². The van der Waals surface area contributed by atoms with Crippen LogP contribution in [0.5, 0.6) is 0 Å². The molecule has 8 aliphatic carbocycles. The molecule has 408 valence electrons. The maximum atomic E-state index is 2.84. The summed E-state index contributed by atoms with van der Waals surface area (Å²) in [5.41, 5.74) is 13.2. The first-order chi connectivity index (χ1) is 36.5. The predicted molar refractivity (Wildman–Crippen MR) is 363 cm³/mol. The van der Waals surface area contributed by atoms with Crippen molar-refractivity contribution >= 4 is 72.7 Å². The van der Waals surface area contributed by atoms with E-state index in [9.17, 15) is 0 Å². The summed E-state index contributed by atoms with van der Waals surface area (Å²) < 4.78 is 0. The van der Waals surface area contributed by atoms with E-state index in [1.165, 1.54) is 72.5 Å². The minimum absolute atomic E-state index is 1.40. The molecule has 0 atom stereocenters. The summed E-state index contributed by atoms with van der Waals surface area (Å²) in [6.07, 6.45) is 76.3. The largest absolute Gasteiger partial charge is 0.0694 e. The van der Waals surface area contributed by atoms with Gasteiger partial charge in [-0.3, -0.25) is 0 Å². The van der Waals surface area contributed by atoms with Crippen molar-refractivity contribution in [3.8, 4) is 0 Å². The van der Waals surface area contributed by atoms with E-state index in [0.29, 0.717) is 0 Å².